The molecule has 1 aliphatic rings. The molecule has 0 atom stereocenters. The van der Waals surface area contributed by atoms with Crippen LogP contribution >= 0.6 is 11.3 Å². The molecule has 3 amide bonds. The summed E-state index contributed by atoms with van der Waals surface area (Å²) in [6, 6.07) is 16.1. The van der Waals surface area contributed by atoms with Gasteiger partial charge in [-0.15, -0.1) is 11.3 Å². The minimum absolute atomic E-state index is 0.0414. The molecular formula is C29H31F2N3O6S2. The highest BCUT2D eigenvalue weighted by atomic mass is 32.2. The van der Waals surface area contributed by atoms with E-state index in [-0.39, 0.29) is 16.3 Å². The third-order valence-electron chi connectivity index (χ3n) is 7.04. The second kappa shape index (κ2) is 13.0. The normalized spacial score (nSPS) is 14.3. The van der Waals surface area contributed by atoms with Gasteiger partial charge in [0, 0.05) is 17.5 Å². The van der Waals surface area contributed by atoms with Gasteiger partial charge in [-0.1, -0.05) is 43.5 Å². The first-order valence-electron chi connectivity index (χ1n) is 13.3. The number of alkyl halides is 2. The number of amides is 3. The Balaban J connectivity index is 1.53. The predicted molar refractivity (Wildman–Crippen MR) is 156 cm³/mol. The maximum atomic E-state index is 13.5. The second-order valence-corrected chi connectivity index (χ2v) is 13.5. The lowest BCUT2D eigenvalue weighted by molar-refractivity contribution is -0.163. The zero-order valence-electron chi connectivity index (χ0n) is 22.8. The van der Waals surface area contributed by atoms with Gasteiger partial charge in [0.25, 0.3) is 5.91 Å². The van der Waals surface area contributed by atoms with Crippen LogP contribution in [0.3, 0.4) is 0 Å². The first-order valence-corrected chi connectivity index (χ1v) is 16.0. The number of sulfone groups is 1. The van der Waals surface area contributed by atoms with Crippen LogP contribution in [0.2, 0.25) is 0 Å². The number of halogens is 2. The van der Waals surface area contributed by atoms with Crippen LogP contribution in [0, 0.1) is 0 Å². The number of carbonyl (C=O) groups is 3. The first-order chi connectivity index (χ1) is 19.8. The number of hydrogen-bond donors (Lipinski definition) is 3. The minimum Gasteiger partial charge on any atom is -0.477 e. The van der Waals surface area contributed by atoms with Crippen molar-refractivity contribution in [3.8, 4) is 0 Å². The maximum absolute atomic E-state index is 13.5. The smallest absolute Gasteiger partial charge is 0.376 e. The van der Waals surface area contributed by atoms with Gasteiger partial charge >= 0.3 is 17.9 Å². The van der Waals surface area contributed by atoms with E-state index in [1.165, 1.54) is 54.0 Å². The Labute approximate surface area is 246 Å². The Morgan fingerprint density at radius 2 is 1.62 bits per heavy atom. The van der Waals surface area contributed by atoms with Crippen molar-refractivity contribution in [1.82, 2.24) is 5.32 Å². The summed E-state index contributed by atoms with van der Waals surface area (Å²) in [4.78, 5) is 37.8. The van der Waals surface area contributed by atoms with Crippen LogP contribution in [-0.4, -0.2) is 50.2 Å². The van der Waals surface area contributed by atoms with Crippen molar-refractivity contribution in [3.05, 3.63) is 77.4 Å². The van der Waals surface area contributed by atoms with Crippen molar-refractivity contribution < 1.29 is 36.7 Å². The summed E-state index contributed by atoms with van der Waals surface area (Å²) < 4.78 is 50.5. The van der Waals surface area contributed by atoms with Crippen LogP contribution in [0.1, 0.15) is 59.5 Å². The molecule has 0 bridgehead atoms. The molecular weight excluding hydrogens is 588 g/mol. The Kier molecular flexibility index (Phi) is 9.62. The molecule has 1 saturated carbocycles. The Hall–Kier alpha value is -3.84. The Morgan fingerprint density at radius 3 is 2.19 bits per heavy atom. The van der Waals surface area contributed by atoms with Gasteiger partial charge in [0.15, 0.2) is 9.84 Å². The number of nitrogens with one attached hydrogen (secondary N) is 2. The monoisotopic (exact) mass is 619 g/mol. The standard InChI is InChI=1S/C29H31F2N3O6S2/c1-42(39,40)25-16-15-24(41-25)33-28(38)34(23-13-11-21(12-14-23)20-5-3-2-4-6-20)17-19-7-9-22(10-8-19)26(35)32-18-29(30,31)27(36)37/h7-16,20H,2-6,17-18H2,1H3,(H,32,35)(H,33,38)(H,36,37). The van der Waals surface area contributed by atoms with Gasteiger partial charge in [-0.05, 0) is 66.3 Å². The summed E-state index contributed by atoms with van der Waals surface area (Å²) in [7, 11) is -3.43. The highest BCUT2D eigenvalue weighted by molar-refractivity contribution is 7.92. The van der Waals surface area contributed by atoms with Crippen LogP contribution in [0.15, 0.2) is 64.9 Å². The summed E-state index contributed by atoms with van der Waals surface area (Å²) in [5.74, 6) is -6.82. The lowest BCUT2D eigenvalue weighted by atomic mass is 9.84. The predicted octanol–water partition coefficient (Wildman–Crippen LogP) is 5.89. The zero-order valence-corrected chi connectivity index (χ0v) is 24.4. The Bertz CT molecular complexity index is 1530. The summed E-state index contributed by atoms with van der Waals surface area (Å²) >= 11 is 0.940. The fraction of sp³-hybridized carbons (Fsp3) is 0.345. The van der Waals surface area contributed by atoms with Crippen LogP contribution in [0.25, 0.3) is 0 Å². The Morgan fingerprint density at radius 1 is 0.976 bits per heavy atom. The van der Waals surface area contributed by atoms with Crippen molar-refractivity contribution >= 4 is 49.8 Å². The van der Waals surface area contributed by atoms with Crippen molar-refractivity contribution in [2.75, 3.05) is 23.0 Å². The average Bonchev–Trinajstić information content (AvgIpc) is 3.45. The van der Waals surface area contributed by atoms with Crippen molar-refractivity contribution in [2.45, 2.75) is 54.7 Å². The van der Waals surface area contributed by atoms with Crippen LogP contribution in [0.4, 0.5) is 24.3 Å². The van der Waals surface area contributed by atoms with Gasteiger partial charge in [-0.25, -0.2) is 18.0 Å². The van der Waals surface area contributed by atoms with Gasteiger partial charge in [0.1, 0.15) is 4.21 Å². The molecule has 1 fully saturated rings. The van der Waals surface area contributed by atoms with E-state index in [1.807, 2.05) is 29.6 Å². The molecule has 4 rings (SSSR count). The van der Waals surface area contributed by atoms with E-state index < -0.39 is 40.2 Å². The summed E-state index contributed by atoms with van der Waals surface area (Å²) in [5.41, 5.74) is 2.47. The molecule has 1 aromatic heterocycles. The van der Waals surface area contributed by atoms with E-state index in [2.05, 4.69) is 5.32 Å². The van der Waals surface area contributed by atoms with Crippen LogP contribution in [-0.2, 0) is 21.2 Å². The van der Waals surface area contributed by atoms with E-state index in [1.54, 1.807) is 12.1 Å². The van der Waals surface area contributed by atoms with E-state index in [4.69, 9.17) is 5.11 Å². The zero-order chi connectivity index (χ0) is 30.5. The van der Waals surface area contributed by atoms with Gasteiger partial charge in [-0.3, -0.25) is 15.0 Å². The van der Waals surface area contributed by atoms with Gasteiger partial charge in [-0.2, -0.15) is 8.78 Å². The quantitative estimate of drug-likeness (QED) is 0.259. The van der Waals surface area contributed by atoms with Gasteiger partial charge < -0.3 is 10.4 Å². The molecule has 3 N–H and O–H groups in total. The highest BCUT2D eigenvalue weighted by Gasteiger charge is 2.39. The molecule has 0 radical (unpaired) electrons. The number of carboxylic acids is 1. The summed E-state index contributed by atoms with van der Waals surface area (Å²) in [6.45, 7) is -1.27. The summed E-state index contributed by atoms with van der Waals surface area (Å²) in [5, 5.41) is 13.6. The maximum Gasteiger partial charge on any atom is 0.376 e. The third kappa shape index (κ3) is 7.91. The van der Waals surface area contributed by atoms with E-state index in [0.29, 0.717) is 22.2 Å². The fourth-order valence-electron chi connectivity index (χ4n) is 4.72. The number of urea groups is 1. The number of nitrogens with zero attached hydrogens (tertiary/aromatic N) is 1. The fourth-order valence-corrected chi connectivity index (χ4v) is 6.53. The van der Waals surface area contributed by atoms with Crippen molar-refractivity contribution in [3.63, 3.8) is 0 Å². The molecule has 13 heteroatoms. The molecule has 0 aliphatic heterocycles. The minimum atomic E-state index is -4.10. The highest BCUT2D eigenvalue weighted by Crippen LogP contribution is 2.34. The van der Waals surface area contributed by atoms with Crippen molar-refractivity contribution in [1.29, 1.82) is 0 Å². The number of anilines is 2. The van der Waals surface area contributed by atoms with Gasteiger partial charge in [0.2, 0.25) is 0 Å². The SMILES string of the molecule is CS(=O)(=O)c1ccc(NC(=O)N(Cc2ccc(C(=O)NCC(F)(F)C(=O)O)cc2)c2ccc(C3CCCCC3)cc2)s1. The molecule has 3 aromatic rings. The topological polar surface area (TPSA) is 133 Å². The number of thiophene rings is 1. The van der Waals surface area contributed by atoms with Crippen molar-refractivity contribution in [2.24, 2.45) is 0 Å². The number of aliphatic carboxylic acids is 1. The number of hydrogen-bond acceptors (Lipinski definition) is 6. The molecule has 42 heavy (non-hydrogen) atoms. The number of carbonyl (C=O) groups excluding carboxylic acids is 2. The molecule has 9 nitrogen and oxygen atoms in total. The first kappa shape index (κ1) is 31.1. The average molecular weight is 620 g/mol. The number of carboxylic acid groups (broad SMARTS) is 1. The second-order valence-electron chi connectivity index (χ2n) is 10.2. The molecule has 224 valence electrons. The van der Waals surface area contributed by atoms with E-state index in [0.717, 1.165) is 30.4 Å². The summed E-state index contributed by atoms with van der Waals surface area (Å²) in [6.07, 6.45) is 6.95. The van der Waals surface area contributed by atoms with E-state index in [9.17, 15) is 31.6 Å². The molecule has 0 saturated heterocycles. The largest absolute Gasteiger partial charge is 0.477 e. The van der Waals surface area contributed by atoms with Crippen LogP contribution < -0.4 is 15.5 Å². The van der Waals surface area contributed by atoms with Gasteiger partial charge in [0.05, 0.1) is 18.1 Å². The molecule has 0 unspecified atom stereocenters. The van der Waals surface area contributed by atoms with E-state index >= 15 is 0 Å². The lowest BCUT2D eigenvalue weighted by Crippen LogP contribution is -2.42. The molecule has 1 aliphatic carbocycles. The number of benzene rings is 2. The lowest BCUT2D eigenvalue weighted by Gasteiger charge is -2.25. The molecule has 1 heterocycles. The van der Waals surface area contributed by atoms with Crippen LogP contribution in [0.5, 0.6) is 0 Å². The number of rotatable bonds is 10. The molecule has 0 spiro atoms. The third-order valence-corrected chi connectivity index (χ3v) is 9.86. The molecule has 2 aromatic carbocycles.